The third kappa shape index (κ3) is 7.23. The third-order valence-corrected chi connectivity index (χ3v) is 8.38. The molecule has 0 atom stereocenters. The van der Waals surface area contributed by atoms with Crippen molar-refractivity contribution in [1.29, 1.82) is 0 Å². The Morgan fingerprint density at radius 1 is 0.935 bits per heavy atom. The summed E-state index contributed by atoms with van der Waals surface area (Å²) in [6.07, 6.45) is 7.03. The number of hydrogen-bond donors (Lipinski definition) is 2. The molecule has 0 aliphatic carbocycles. The number of amides is 3. The van der Waals surface area contributed by atoms with E-state index in [9.17, 15) is 14.4 Å². The molecule has 2 aliphatic heterocycles. The molecular formula is C34H38N8O4. The summed E-state index contributed by atoms with van der Waals surface area (Å²) in [4.78, 5) is 51.1. The van der Waals surface area contributed by atoms with Gasteiger partial charge in [0.05, 0.1) is 30.8 Å². The summed E-state index contributed by atoms with van der Waals surface area (Å²) in [6.45, 7) is 3.86. The molecular weight excluding hydrogens is 584 g/mol. The normalized spacial score (nSPS) is 15.8. The van der Waals surface area contributed by atoms with Crippen LogP contribution in [0.15, 0.2) is 66.9 Å². The van der Waals surface area contributed by atoms with E-state index in [-0.39, 0.29) is 36.6 Å². The number of nitrogens with one attached hydrogen (secondary N) is 2. The van der Waals surface area contributed by atoms with Gasteiger partial charge >= 0.3 is 6.03 Å². The van der Waals surface area contributed by atoms with E-state index < -0.39 is 0 Å². The molecule has 2 saturated heterocycles. The molecule has 4 heterocycles. The number of ether oxygens (including phenoxy) is 1. The minimum Gasteiger partial charge on any atom is -0.378 e. The molecule has 0 unspecified atom stereocenters. The van der Waals surface area contributed by atoms with E-state index in [2.05, 4.69) is 15.5 Å². The first-order chi connectivity index (χ1) is 22.5. The summed E-state index contributed by atoms with van der Waals surface area (Å²) in [7, 11) is 1.57. The highest BCUT2D eigenvalue weighted by Crippen LogP contribution is 2.32. The standard InChI is InChI=1S/C34H38N8O4/c1-35-34(45)37-26-10-8-25(9-11-26)31-38-32(41-19-21-46-22-20-41)29-23-36-42(33(29)39-31)27-15-17-40(18-16-27)30(44)14-13-28(43)12-7-24-5-3-2-4-6-24/h2-12,23,27H,13-22H2,1H3,(H2,35,37,45)/b12-7+. The third-order valence-electron chi connectivity index (χ3n) is 8.38. The van der Waals surface area contributed by atoms with Crippen molar-refractivity contribution in [3.8, 4) is 11.4 Å². The van der Waals surface area contributed by atoms with Crippen LogP contribution in [0.25, 0.3) is 28.5 Å². The topological polar surface area (TPSA) is 135 Å². The van der Waals surface area contributed by atoms with Crippen molar-refractivity contribution < 1.29 is 19.1 Å². The molecule has 2 aromatic carbocycles. The van der Waals surface area contributed by atoms with Gasteiger partial charge in [-0.1, -0.05) is 36.4 Å². The average molecular weight is 623 g/mol. The Hall–Kier alpha value is -5.10. The second-order valence-corrected chi connectivity index (χ2v) is 11.4. The van der Waals surface area contributed by atoms with Gasteiger partial charge in [0.1, 0.15) is 5.82 Å². The highest BCUT2D eigenvalue weighted by molar-refractivity contribution is 5.95. The van der Waals surface area contributed by atoms with Gasteiger partial charge in [0.2, 0.25) is 5.91 Å². The van der Waals surface area contributed by atoms with Gasteiger partial charge in [0, 0.05) is 57.3 Å². The summed E-state index contributed by atoms with van der Waals surface area (Å²) in [6, 6.07) is 16.8. The van der Waals surface area contributed by atoms with Crippen LogP contribution < -0.4 is 15.5 Å². The predicted molar refractivity (Wildman–Crippen MR) is 176 cm³/mol. The van der Waals surface area contributed by atoms with Crippen molar-refractivity contribution in [2.45, 2.75) is 31.7 Å². The number of urea groups is 1. The van der Waals surface area contributed by atoms with Crippen LogP contribution >= 0.6 is 0 Å². The zero-order valence-corrected chi connectivity index (χ0v) is 25.9. The lowest BCUT2D eigenvalue weighted by atomic mass is 10.0. The zero-order valence-electron chi connectivity index (χ0n) is 25.9. The van der Waals surface area contributed by atoms with Gasteiger partial charge in [-0.2, -0.15) is 5.10 Å². The lowest BCUT2D eigenvalue weighted by Gasteiger charge is -2.32. The van der Waals surface area contributed by atoms with E-state index in [4.69, 9.17) is 19.8 Å². The molecule has 2 N–H and O–H groups in total. The number of piperidine rings is 1. The summed E-state index contributed by atoms with van der Waals surface area (Å²) < 4.78 is 7.57. The smallest absolute Gasteiger partial charge is 0.318 e. The van der Waals surface area contributed by atoms with Gasteiger partial charge in [-0.15, -0.1) is 0 Å². The maximum Gasteiger partial charge on any atom is 0.318 e. The maximum atomic E-state index is 13.0. The van der Waals surface area contributed by atoms with Crippen LogP contribution in [0, 0.1) is 0 Å². The first-order valence-corrected chi connectivity index (χ1v) is 15.7. The summed E-state index contributed by atoms with van der Waals surface area (Å²) in [5, 5.41) is 11.0. The highest BCUT2D eigenvalue weighted by atomic mass is 16.5. The van der Waals surface area contributed by atoms with Gasteiger partial charge in [-0.05, 0) is 48.7 Å². The first-order valence-electron chi connectivity index (χ1n) is 15.7. The molecule has 238 valence electrons. The Bertz CT molecular complexity index is 1710. The highest BCUT2D eigenvalue weighted by Gasteiger charge is 2.28. The van der Waals surface area contributed by atoms with Crippen molar-refractivity contribution in [2.24, 2.45) is 0 Å². The van der Waals surface area contributed by atoms with Gasteiger partial charge in [-0.25, -0.2) is 19.4 Å². The van der Waals surface area contributed by atoms with Gasteiger partial charge < -0.3 is 25.2 Å². The molecule has 46 heavy (non-hydrogen) atoms. The van der Waals surface area contributed by atoms with E-state index in [1.165, 1.54) is 0 Å². The van der Waals surface area contributed by atoms with Crippen LogP contribution in [0.4, 0.5) is 16.3 Å². The van der Waals surface area contributed by atoms with E-state index in [1.54, 1.807) is 19.2 Å². The number of ketones is 1. The molecule has 2 fully saturated rings. The van der Waals surface area contributed by atoms with E-state index in [0.29, 0.717) is 37.8 Å². The summed E-state index contributed by atoms with van der Waals surface area (Å²) in [5.41, 5.74) is 3.19. The Balaban J connectivity index is 1.15. The van der Waals surface area contributed by atoms with Crippen LogP contribution in [-0.2, 0) is 14.3 Å². The number of benzene rings is 2. The molecule has 0 bridgehead atoms. The van der Waals surface area contributed by atoms with Gasteiger partial charge in [0.25, 0.3) is 0 Å². The van der Waals surface area contributed by atoms with Gasteiger partial charge in [0.15, 0.2) is 17.3 Å². The Morgan fingerprint density at radius 2 is 1.67 bits per heavy atom. The minimum absolute atomic E-state index is 0.00111. The fraction of sp³-hybridized carbons (Fsp3) is 0.353. The Kier molecular flexibility index (Phi) is 9.63. The Labute approximate surface area is 267 Å². The molecule has 2 aliphatic rings. The zero-order chi connectivity index (χ0) is 31.9. The number of fused-ring (bicyclic) bond motifs is 1. The van der Waals surface area contributed by atoms with E-state index >= 15 is 0 Å². The van der Waals surface area contributed by atoms with Crippen molar-refractivity contribution in [2.75, 3.05) is 56.7 Å². The monoisotopic (exact) mass is 622 g/mol. The average Bonchev–Trinajstić information content (AvgIpc) is 3.54. The fourth-order valence-electron chi connectivity index (χ4n) is 5.80. The lowest BCUT2D eigenvalue weighted by Crippen LogP contribution is -2.39. The second kappa shape index (κ2) is 14.3. The SMILES string of the molecule is CNC(=O)Nc1ccc(-c2nc(N3CCOCC3)c3cnn(C4CCN(C(=O)CCC(=O)/C=C/c5ccccc5)CC4)c3n2)cc1. The van der Waals surface area contributed by atoms with Gasteiger partial charge in [-0.3, -0.25) is 9.59 Å². The molecule has 6 rings (SSSR count). The first kappa shape index (κ1) is 30.9. The van der Waals surface area contributed by atoms with Crippen LogP contribution in [0.2, 0.25) is 0 Å². The summed E-state index contributed by atoms with van der Waals surface area (Å²) in [5.74, 6) is 1.33. The summed E-state index contributed by atoms with van der Waals surface area (Å²) >= 11 is 0. The Morgan fingerprint density at radius 3 is 2.39 bits per heavy atom. The number of nitrogens with zero attached hydrogens (tertiary/aromatic N) is 6. The molecule has 4 aromatic rings. The molecule has 2 aromatic heterocycles. The van der Waals surface area contributed by atoms with Crippen LogP contribution in [0.1, 0.15) is 37.3 Å². The van der Waals surface area contributed by atoms with Crippen molar-refractivity contribution in [3.05, 3.63) is 72.4 Å². The predicted octanol–water partition coefficient (Wildman–Crippen LogP) is 4.31. The number of carbonyl (C=O) groups excluding carboxylic acids is 3. The van der Waals surface area contributed by atoms with Crippen LogP contribution in [0.3, 0.4) is 0 Å². The molecule has 12 nitrogen and oxygen atoms in total. The molecule has 3 amide bonds. The molecule has 0 spiro atoms. The molecule has 0 saturated carbocycles. The van der Waals surface area contributed by atoms with E-state index in [1.807, 2.05) is 70.4 Å². The largest absolute Gasteiger partial charge is 0.378 e. The number of hydrogen-bond acceptors (Lipinski definition) is 8. The number of rotatable bonds is 9. The number of anilines is 2. The van der Waals surface area contributed by atoms with Crippen LogP contribution in [-0.4, -0.2) is 88.8 Å². The number of aromatic nitrogens is 4. The maximum absolute atomic E-state index is 13.0. The van der Waals surface area contributed by atoms with Crippen molar-refractivity contribution in [3.63, 3.8) is 0 Å². The second-order valence-electron chi connectivity index (χ2n) is 11.4. The number of allylic oxidation sites excluding steroid dienone is 1. The number of likely N-dealkylation sites (tertiary alicyclic amines) is 1. The van der Waals surface area contributed by atoms with Crippen molar-refractivity contribution in [1.82, 2.24) is 30.0 Å². The van der Waals surface area contributed by atoms with E-state index in [0.717, 1.165) is 53.9 Å². The molecule has 12 heteroatoms. The molecule has 0 radical (unpaired) electrons. The number of morpholine rings is 1. The number of carbonyl (C=O) groups is 3. The minimum atomic E-state index is -0.291. The van der Waals surface area contributed by atoms with Crippen LogP contribution in [0.5, 0.6) is 0 Å². The quantitative estimate of drug-likeness (QED) is 0.264. The fourth-order valence-corrected chi connectivity index (χ4v) is 5.80. The van der Waals surface area contributed by atoms with Crippen molar-refractivity contribution >= 4 is 46.3 Å². The lowest BCUT2D eigenvalue weighted by molar-refractivity contribution is -0.133.